The quantitative estimate of drug-likeness (QED) is 0.734. The minimum absolute atomic E-state index is 0.170. The molecule has 0 atom stereocenters. The Hall–Kier alpha value is -1.26. The predicted octanol–water partition coefficient (Wildman–Crippen LogP) is 4.61. The van der Waals surface area contributed by atoms with Crippen molar-refractivity contribution in [1.82, 2.24) is 0 Å². The van der Waals surface area contributed by atoms with E-state index in [0.29, 0.717) is 4.47 Å². The van der Waals surface area contributed by atoms with Gasteiger partial charge in [-0.25, -0.2) is 8.78 Å². The van der Waals surface area contributed by atoms with E-state index in [0.717, 1.165) is 6.07 Å². The minimum Gasteiger partial charge on any atom is -0.288 e. The van der Waals surface area contributed by atoms with Crippen molar-refractivity contribution in [2.75, 3.05) is 0 Å². The maximum Gasteiger partial charge on any atom is 0.199 e. The predicted molar refractivity (Wildman–Crippen MR) is 68.9 cm³/mol. The van der Waals surface area contributed by atoms with E-state index in [2.05, 4.69) is 15.9 Å². The second kappa shape index (κ2) is 5.16. The van der Waals surface area contributed by atoms with Crippen LogP contribution in [0.4, 0.5) is 8.78 Å². The SMILES string of the molecule is O=C(c1cc(Br)ccc1F)c1cccc(Cl)c1F. The van der Waals surface area contributed by atoms with Crippen molar-refractivity contribution in [2.45, 2.75) is 0 Å². The molecule has 0 heterocycles. The van der Waals surface area contributed by atoms with Crippen molar-refractivity contribution in [3.05, 3.63) is 68.7 Å². The second-order valence-corrected chi connectivity index (χ2v) is 4.88. The molecule has 0 saturated carbocycles. The molecule has 0 aliphatic carbocycles. The topological polar surface area (TPSA) is 17.1 Å². The summed E-state index contributed by atoms with van der Waals surface area (Å²) in [5.41, 5.74) is -0.454. The second-order valence-electron chi connectivity index (χ2n) is 3.55. The summed E-state index contributed by atoms with van der Waals surface area (Å²) in [5, 5.41) is -0.170. The first-order valence-corrected chi connectivity index (χ1v) is 6.11. The van der Waals surface area contributed by atoms with E-state index in [1.807, 2.05) is 0 Å². The number of carbonyl (C=O) groups excluding carboxylic acids is 1. The minimum atomic E-state index is -0.844. The van der Waals surface area contributed by atoms with Crippen molar-refractivity contribution in [2.24, 2.45) is 0 Å². The molecular weight excluding hydrogens is 325 g/mol. The van der Waals surface area contributed by atoms with Crippen molar-refractivity contribution in [1.29, 1.82) is 0 Å². The first kappa shape index (κ1) is 13.2. The maximum atomic E-state index is 13.7. The molecule has 2 aromatic carbocycles. The largest absolute Gasteiger partial charge is 0.288 e. The third-order valence-electron chi connectivity index (χ3n) is 2.37. The van der Waals surface area contributed by atoms with E-state index in [4.69, 9.17) is 11.6 Å². The Morgan fingerprint density at radius 1 is 1.11 bits per heavy atom. The summed E-state index contributed by atoms with van der Waals surface area (Å²) >= 11 is 8.72. The van der Waals surface area contributed by atoms with Crippen LogP contribution in [-0.2, 0) is 0 Å². The lowest BCUT2D eigenvalue weighted by Gasteiger charge is -2.05. The van der Waals surface area contributed by atoms with Crippen molar-refractivity contribution >= 4 is 33.3 Å². The lowest BCUT2D eigenvalue weighted by atomic mass is 10.0. The Bertz CT molecular complexity index is 624. The molecule has 2 rings (SSSR count). The van der Waals surface area contributed by atoms with Crippen LogP contribution in [0.2, 0.25) is 5.02 Å². The van der Waals surface area contributed by atoms with E-state index < -0.39 is 17.4 Å². The van der Waals surface area contributed by atoms with Gasteiger partial charge in [-0.1, -0.05) is 33.6 Å². The van der Waals surface area contributed by atoms with Crippen LogP contribution < -0.4 is 0 Å². The van der Waals surface area contributed by atoms with Crippen LogP contribution in [-0.4, -0.2) is 5.78 Å². The lowest BCUT2D eigenvalue weighted by Crippen LogP contribution is -2.07. The van der Waals surface area contributed by atoms with Crippen LogP contribution in [0.25, 0.3) is 0 Å². The van der Waals surface area contributed by atoms with Crippen LogP contribution in [0.5, 0.6) is 0 Å². The average Bonchev–Trinajstić information content (AvgIpc) is 2.35. The van der Waals surface area contributed by atoms with E-state index in [-0.39, 0.29) is 16.1 Å². The van der Waals surface area contributed by atoms with Gasteiger partial charge in [0.05, 0.1) is 16.1 Å². The van der Waals surface area contributed by atoms with Crippen LogP contribution in [0.15, 0.2) is 40.9 Å². The zero-order chi connectivity index (χ0) is 13.3. The van der Waals surface area contributed by atoms with Gasteiger partial charge in [-0.3, -0.25) is 4.79 Å². The summed E-state index contributed by atoms with van der Waals surface area (Å²) in [4.78, 5) is 12.0. The normalized spacial score (nSPS) is 10.4. The standard InChI is InChI=1S/C13H6BrClF2O/c14-7-4-5-11(16)9(6-7)13(18)8-2-1-3-10(15)12(8)17/h1-6H. The first-order valence-electron chi connectivity index (χ1n) is 4.94. The summed E-state index contributed by atoms with van der Waals surface area (Å²) in [6.45, 7) is 0. The fourth-order valence-corrected chi connectivity index (χ4v) is 2.03. The molecule has 5 heteroatoms. The molecule has 18 heavy (non-hydrogen) atoms. The molecule has 0 unspecified atom stereocenters. The maximum absolute atomic E-state index is 13.7. The molecule has 0 aliphatic rings. The average molecular weight is 332 g/mol. The molecule has 0 aliphatic heterocycles. The first-order chi connectivity index (χ1) is 8.50. The highest BCUT2D eigenvalue weighted by Gasteiger charge is 2.19. The molecule has 2 aromatic rings. The number of halogens is 4. The summed E-state index contributed by atoms with van der Waals surface area (Å²) in [7, 11) is 0. The molecular formula is C13H6BrClF2O. The number of carbonyl (C=O) groups is 1. The molecule has 0 fully saturated rings. The molecule has 0 saturated heterocycles. The molecule has 0 spiro atoms. The van der Waals surface area contributed by atoms with Crippen LogP contribution in [0, 0.1) is 11.6 Å². The Labute approximate surface area is 116 Å². The van der Waals surface area contributed by atoms with Gasteiger partial charge >= 0.3 is 0 Å². The zero-order valence-electron chi connectivity index (χ0n) is 8.88. The fourth-order valence-electron chi connectivity index (χ4n) is 1.50. The van der Waals surface area contributed by atoms with Gasteiger partial charge in [-0.15, -0.1) is 0 Å². The van der Waals surface area contributed by atoms with E-state index in [1.165, 1.54) is 30.3 Å². The van der Waals surface area contributed by atoms with Gasteiger partial charge in [0.2, 0.25) is 0 Å². The Balaban J connectivity index is 2.55. The Kier molecular flexibility index (Phi) is 3.78. The summed E-state index contributed by atoms with van der Waals surface area (Å²) in [6.07, 6.45) is 0. The van der Waals surface area contributed by atoms with Crippen molar-refractivity contribution < 1.29 is 13.6 Å². The molecule has 92 valence electrons. The summed E-state index contributed by atoms with van der Waals surface area (Å²) < 4.78 is 27.8. The Morgan fingerprint density at radius 2 is 1.83 bits per heavy atom. The number of ketones is 1. The lowest BCUT2D eigenvalue weighted by molar-refractivity contribution is 0.103. The molecule has 1 nitrogen and oxygen atoms in total. The highest BCUT2D eigenvalue weighted by atomic mass is 79.9. The monoisotopic (exact) mass is 330 g/mol. The number of rotatable bonds is 2. The third kappa shape index (κ3) is 2.44. The number of benzene rings is 2. The molecule has 0 aromatic heterocycles. The van der Waals surface area contributed by atoms with Gasteiger partial charge in [-0.2, -0.15) is 0 Å². The van der Waals surface area contributed by atoms with Gasteiger partial charge < -0.3 is 0 Å². The summed E-state index contributed by atoms with van der Waals surface area (Å²) in [5.74, 6) is -2.29. The molecule has 0 N–H and O–H groups in total. The molecule has 0 amide bonds. The van der Waals surface area contributed by atoms with Gasteiger partial charge in [0, 0.05) is 4.47 Å². The van der Waals surface area contributed by atoms with Crippen LogP contribution in [0.1, 0.15) is 15.9 Å². The molecule has 0 radical (unpaired) electrons. The summed E-state index contributed by atoms with van der Waals surface area (Å²) in [6, 6.07) is 7.93. The highest BCUT2D eigenvalue weighted by Crippen LogP contribution is 2.23. The van der Waals surface area contributed by atoms with Crippen molar-refractivity contribution in [3.8, 4) is 0 Å². The van der Waals surface area contributed by atoms with E-state index >= 15 is 0 Å². The number of hydrogen-bond acceptors (Lipinski definition) is 1. The third-order valence-corrected chi connectivity index (χ3v) is 3.15. The van der Waals surface area contributed by atoms with Gasteiger partial charge in [0.15, 0.2) is 11.6 Å². The van der Waals surface area contributed by atoms with Crippen molar-refractivity contribution in [3.63, 3.8) is 0 Å². The van der Waals surface area contributed by atoms with Gasteiger partial charge in [-0.05, 0) is 30.3 Å². The molecule has 0 bridgehead atoms. The van der Waals surface area contributed by atoms with Gasteiger partial charge in [0.1, 0.15) is 5.82 Å². The highest BCUT2D eigenvalue weighted by molar-refractivity contribution is 9.10. The smallest absolute Gasteiger partial charge is 0.199 e. The Morgan fingerprint density at radius 3 is 2.56 bits per heavy atom. The number of hydrogen-bond donors (Lipinski definition) is 0. The van der Waals surface area contributed by atoms with Crippen LogP contribution in [0.3, 0.4) is 0 Å². The van der Waals surface area contributed by atoms with Gasteiger partial charge in [0.25, 0.3) is 0 Å². The van der Waals surface area contributed by atoms with Crippen LogP contribution >= 0.6 is 27.5 Å². The fraction of sp³-hybridized carbons (Fsp3) is 0. The zero-order valence-corrected chi connectivity index (χ0v) is 11.2. The van der Waals surface area contributed by atoms with E-state index in [1.54, 1.807) is 0 Å². The van der Waals surface area contributed by atoms with E-state index in [9.17, 15) is 13.6 Å².